The smallest absolute Gasteiger partial charge is 0.280 e. The van der Waals surface area contributed by atoms with Gasteiger partial charge in [-0.2, -0.15) is 10.2 Å². The SMILES string of the molecule is CCn1cc(CNC(=O)Cn2nc(C)cc2C(F)F)c(C)n1. The van der Waals surface area contributed by atoms with Crippen molar-refractivity contribution in [3.63, 3.8) is 0 Å². The van der Waals surface area contributed by atoms with Gasteiger partial charge in [0.15, 0.2) is 0 Å². The van der Waals surface area contributed by atoms with Gasteiger partial charge in [0.1, 0.15) is 12.2 Å². The van der Waals surface area contributed by atoms with Crippen molar-refractivity contribution in [1.82, 2.24) is 24.9 Å². The van der Waals surface area contributed by atoms with Crippen molar-refractivity contribution in [1.29, 1.82) is 0 Å². The fourth-order valence-electron chi connectivity index (χ4n) is 2.15. The Balaban J connectivity index is 1.97. The highest BCUT2D eigenvalue weighted by atomic mass is 19.3. The number of nitrogens with zero attached hydrogens (tertiary/aromatic N) is 4. The number of aryl methyl sites for hydroxylation is 3. The minimum atomic E-state index is -2.65. The highest BCUT2D eigenvalue weighted by molar-refractivity contribution is 5.75. The molecule has 0 radical (unpaired) electrons. The van der Waals surface area contributed by atoms with Crippen LogP contribution < -0.4 is 5.32 Å². The van der Waals surface area contributed by atoms with Crippen LogP contribution in [0.25, 0.3) is 0 Å². The molecule has 0 aliphatic rings. The Morgan fingerprint density at radius 3 is 2.68 bits per heavy atom. The van der Waals surface area contributed by atoms with Gasteiger partial charge in [-0.1, -0.05) is 0 Å². The van der Waals surface area contributed by atoms with Crippen LogP contribution in [0.15, 0.2) is 12.3 Å². The van der Waals surface area contributed by atoms with E-state index in [1.807, 2.05) is 20.0 Å². The standard InChI is InChI=1S/C14H19F2N5O/c1-4-20-7-11(10(3)19-20)6-17-13(22)8-21-12(14(15)16)5-9(2)18-21/h5,7,14H,4,6,8H2,1-3H3,(H,17,22). The molecule has 0 aliphatic heterocycles. The molecule has 0 fully saturated rings. The summed E-state index contributed by atoms with van der Waals surface area (Å²) in [5.41, 5.74) is 1.96. The Labute approximate surface area is 127 Å². The molecule has 6 nitrogen and oxygen atoms in total. The normalized spacial score (nSPS) is 11.2. The minimum absolute atomic E-state index is 0.228. The lowest BCUT2D eigenvalue weighted by atomic mass is 10.2. The van der Waals surface area contributed by atoms with Crippen LogP contribution in [0, 0.1) is 13.8 Å². The molecule has 22 heavy (non-hydrogen) atoms. The molecule has 0 bridgehead atoms. The maximum absolute atomic E-state index is 12.8. The minimum Gasteiger partial charge on any atom is -0.350 e. The van der Waals surface area contributed by atoms with E-state index in [0.29, 0.717) is 12.2 Å². The molecule has 0 saturated carbocycles. The third-order valence-electron chi connectivity index (χ3n) is 3.30. The van der Waals surface area contributed by atoms with Crippen molar-refractivity contribution in [2.45, 2.75) is 46.8 Å². The van der Waals surface area contributed by atoms with Crippen LogP contribution in [0.2, 0.25) is 0 Å². The van der Waals surface area contributed by atoms with E-state index in [4.69, 9.17) is 0 Å². The molecular weight excluding hydrogens is 292 g/mol. The number of nitrogens with one attached hydrogen (secondary N) is 1. The number of carbonyl (C=O) groups is 1. The summed E-state index contributed by atoms with van der Waals surface area (Å²) < 4.78 is 28.5. The predicted molar refractivity (Wildman–Crippen MR) is 76.4 cm³/mol. The highest BCUT2D eigenvalue weighted by Gasteiger charge is 2.17. The molecule has 2 heterocycles. The van der Waals surface area contributed by atoms with Crippen molar-refractivity contribution >= 4 is 5.91 Å². The van der Waals surface area contributed by atoms with Crippen molar-refractivity contribution in [3.8, 4) is 0 Å². The van der Waals surface area contributed by atoms with Crippen molar-refractivity contribution in [2.75, 3.05) is 0 Å². The van der Waals surface area contributed by atoms with Crippen LogP contribution >= 0.6 is 0 Å². The lowest BCUT2D eigenvalue weighted by molar-refractivity contribution is -0.122. The molecule has 0 aromatic carbocycles. The molecule has 0 unspecified atom stereocenters. The summed E-state index contributed by atoms with van der Waals surface area (Å²) in [4.78, 5) is 11.9. The summed E-state index contributed by atoms with van der Waals surface area (Å²) in [6.07, 6.45) is -0.794. The maximum atomic E-state index is 12.8. The highest BCUT2D eigenvalue weighted by Crippen LogP contribution is 2.19. The number of hydrogen-bond donors (Lipinski definition) is 1. The van der Waals surface area contributed by atoms with Crippen LogP contribution in [-0.2, 0) is 24.4 Å². The molecular formula is C14H19F2N5O. The molecule has 0 atom stereocenters. The first kappa shape index (κ1) is 16.1. The van der Waals surface area contributed by atoms with Gasteiger partial charge in [-0.05, 0) is 26.8 Å². The quantitative estimate of drug-likeness (QED) is 0.887. The zero-order chi connectivity index (χ0) is 16.3. The van der Waals surface area contributed by atoms with Gasteiger partial charge in [-0.25, -0.2) is 8.78 Å². The Morgan fingerprint density at radius 2 is 2.09 bits per heavy atom. The van der Waals surface area contributed by atoms with Gasteiger partial charge < -0.3 is 5.32 Å². The molecule has 2 aromatic rings. The van der Waals surface area contributed by atoms with Crippen LogP contribution in [0.1, 0.15) is 36.0 Å². The number of rotatable bonds is 6. The summed E-state index contributed by atoms with van der Waals surface area (Å²) in [5, 5.41) is 10.9. The van der Waals surface area contributed by atoms with Crippen LogP contribution in [0.3, 0.4) is 0 Å². The van der Waals surface area contributed by atoms with E-state index in [1.54, 1.807) is 11.6 Å². The Hall–Kier alpha value is -2.25. The fourth-order valence-corrected chi connectivity index (χ4v) is 2.15. The summed E-state index contributed by atoms with van der Waals surface area (Å²) in [6.45, 7) is 6.28. The largest absolute Gasteiger partial charge is 0.350 e. The van der Waals surface area contributed by atoms with Crippen molar-refractivity contribution in [2.24, 2.45) is 0 Å². The van der Waals surface area contributed by atoms with Crippen LogP contribution in [0.5, 0.6) is 0 Å². The van der Waals surface area contributed by atoms with Gasteiger partial charge in [0.25, 0.3) is 6.43 Å². The van der Waals surface area contributed by atoms with Gasteiger partial charge in [0.05, 0.1) is 11.4 Å². The summed E-state index contributed by atoms with van der Waals surface area (Å²) in [5.74, 6) is -0.367. The van der Waals surface area contributed by atoms with E-state index in [-0.39, 0.29) is 18.1 Å². The Kier molecular flexibility index (Phi) is 4.89. The third-order valence-corrected chi connectivity index (χ3v) is 3.30. The number of hydrogen-bond acceptors (Lipinski definition) is 3. The third kappa shape index (κ3) is 3.69. The van der Waals surface area contributed by atoms with Crippen LogP contribution in [-0.4, -0.2) is 25.5 Å². The Morgan fingerprint density at radius 1 is 1.36 bits per heavy atom. The van der Waals surface area contributed by atoms with E-state index in [1.165, 1.54) is 6.07 Å². The first-order chi connectivity index (χ1) is 10.4. The van der Waals surface area contributed by atoms with E-state index in [2.05, 4.69) is 15.5 Å². The fraction of sp³-hybridized carbons (Fsp3) is 0.500. The van der Waals surface area contributed by atoms with Gasteiger partial charge in [0, 0.05) is 24.8 Å². The first-order valence-corrected chi connectivity index (χ1v) is 7.02. The second-order valence-electron chi connectivity index (χ2n) is 5.04. The zero-order valence-corrected chi connectivity index (χ0v) is 12.8. The lowest BCUT2D eigenvalue weighted by Crippen LogP contribution is -2.28. The molecule has 0 saturated heterocycles. The molecule has 120 valence electrons. The number of alkyl halides is 2. The van der Waals surface area contributed by atoms with Gasteiger partial charge in [-0.3, -0.25) is 14.2 Å². The number of halogens is 2. The second kappa shape index (κ2) is 6.67. The lowest BCUT2D eigenvalue weighted by Gasteiger charge is -2.07. The monoisotopic (exact) mass is 311 g/mol. The van der Waals surface area contributed by atoms with E-state index < -0.39 is 6.43 Å². The van der Waals surface area contributed by atoms with Crippen molar-refractivity contribution in [3.05, 3.63) is 34.9 Å². The maximum Gasteiger partial charge on any atom is 0.280 e. The van der Waals surface area contributed by atoms with Gasteiger partial charge in [-0.15, -0.1) is 0 Å². The summed E-state index contributed by atoms with van der Waals surface area (Å²) >= 11 is 0. The van der Waals surface area contributed by atoms with Crippen LogP contribution in [0.4, 0.5) is 8.78 Å². The summed E-state index contributed by atoms with van der Waals surface area (Å²) in [7, 11) is 0. The molecule has 0 aliphatic carbocycles. The summed E-state index contributed by atoms with van der Waals surface area (Å²) in [6, 6.07) is 1.29. The number of aromatic nitrogens is 4. The molecule has 0 spiro atoms. The van der Waals surface area contributed by atoms with Gasteiger partial charge in [0.2, 0.25) is 5.91 Å². The average molecular weight is 311 g/mol. The number of carbonyl (C=O) groups excluding carboxylic acids is 1. The number of amides is 1. The van der Waals surface area contributed by atoms with E-state index in [9.17, 15) is 13.6 Å². The topological polar surface area (TPSA) is 64.7 Å². The molecule has 8 heteroatoms. The van der Waals surface area contributed by atoms with Crippen molar-refractivity contribution < 1.29 is 13.6 Å². The molecule has 2 rings (SSSR count). The van der Waals surface area contributed by atoms with E-state index >= 15 is 0 Å². The average Bonchev–Trinajstić information content (AvgIpc) is 2.99. The van der Waals surface area contributed by atoms with E-state index in [0.717, 1.165) is 22.5 Å². The molecule has 1 amide bonds. The van der Waals surface area contributed by atoms with Gasteiger partial charge >= 0.3 is 0 Å². The second-order valence-corrected chi connectivity index (χ2v) is 5.04. The molecule has 2 aromatic heterocycles. The predicted octanol–water partition coefficient (Wildman–Crippen LogP) is 1.97. The Bertz CT molecular complexity index is 662. The molecule has 1 N–H and O–H groups in total. The zero-order valence-electron chi connectivity index (χ0n) is 12.8. The first-order valence-electron chi connectivity index (χ1n) is 7.02.